The maximum absolute atomic E-state index is 12.0. The van der Waals surface area contributed by atoms with Crippen LogP contribution < -0.4 is 0 Å². The van der Waals surface area contributed by atoms with Crippen LogP contribution in [0.4, 0.5) is 0 Å². The quantitative estimate of drug-likeness (QED) is 0.876. The summed E-state index contributed by atoms with van der Waals surface area (Å²) in [5.41, 5.74) is 1.97. The zero-order chi connectivity index (χ0) is 13.6. The summed E-state index contributed by atoms with van der Waals surface area (Å²) in [6, 6.07) is 7.23. The van der Waals surface area contributed by atoms with Crippen LogP contribution in [0.25, 0.3) is 6.08 Å². The topological polar surface area (TPSA) is 37.3 Å². The molecule has 0 aromatic heterocycles. The Morgan fingerprint density at radius 3 is 2.58 bits per heavy atom. The second kappa shape index (κ2) is 4.09. The first-order valence-corrected chi connectivity index (χ1v) is 6.71. The second-order valence-electron chi connectivity index (χ2n) is 6.10. The van der Waals surface area contributed by atoms with Crippen LogP contribution in [0.3, 0.4) is 0 Å². The highest BCUT2D eigenvalue weighted by atomic mass is 16.3. The van der Waals surface area contributed by atoms with Crippen molar-refractivity contribution >= 4 is 11.9 Å². The number of allylic oxidation sites excluding steroid dienone is 3. The SMILES string of the molecule is CC1(C)[C@@H]2C[C@H]1C(C=Cc1ccccc1O)=CC2=O. The van der Waals surface area contributed by atoms with Crippen LogP contribution in [0, 0.1) is 17.3 Å². The van der Waals surface area contributed by atoms with Crippen molar-refractivity contribution in [2.45, 2.75) is 20.3 Å². The van der Waals surface area contributed by atoms with Crippen molar-refractivity contribution in [1.82, 2.24) is 0 Å². The number of para-hydroxylation sites is 1. The predicted molar refractivity (Wildman–Crippen MR) is 75.6 cm³/mol. The fraction of sp³-hybridized carbons (Fsp3) is 0.353. The van der Waals surface area contributed by atoms with E-state index in [1.807, 2.05) is 24.3 Å². The molecule has 1 fully saturated rings. The molecule has 3 aliphatic carbocycles. The minimum absolute atomic E-state index is 0.0875. The van der Waals surface area contributed by atoms with Crippen LogP contribution >= 0.6 is 0 Å². The molecule has 2 nitrogen and oxygen atoms in total. The lowest BCUT2D eigenvalue weighted by atomic mass is 9.48. The molecular formula is C17H18O2. The van der Waals surface area contributed by atoms with Gasteiger partial charge in [-0.1, -0.05) is 44.2 Å². The van der Waals surface area contributed by atoms with Gasteiger partial charge < -0.3 is 5.11 Å². The molecule has 2 heteroatoms. The van der Waals surface area contributed by atoms with E-state index in [0.29, 0.717) is 5.92 Å². The normalized spacial score (nSPS) is 28.1. The molecule has 98 valence electrons. The Bertz CT molecular complexity index is 593. The van der Waals surface area contributed by atoms with Crippen LogP contribution in [0.15, 0.2) is 42.0 Å². The van der Waals surface area contributed by atoms with Crippen molar-refractivity contribution < 1.29 is 9.90 Å². The van der Waals surface area contributed by atoms with Crippen molar-refractivity contribution in [3.63, 3.8) is 0 Å². The maximum Gasteiger partial charge on any atom is 0.159 e. The summed E-state index contributed by atoms with van der Waals surface area (Å²) in [7, 11) is 0. The smallest absolute Gasteiger partial charge is 0.159 e. The molecule has 0 saturated heterocycles. The Morgan fingerprint density at radius 2 is 1.95 bits per heavy atom. The minimum Gasteiger partial charge on any atom is -0.507 e. The van der Waals surface area contributed by atoms with Gasteiger partial charge >= 0.3 is 0 Å². The second-order valence-corrected chi connectivity index (χ2v) is 6.10. The molecule has 2 atom stereocenters. The van der Waals surface area contributed by atoms with Crippen LogP contribution in [-0.2, 0) is 4.79 Å². The third kappa shape index (κ3) is 1.83. The first-order chi connectivity index (χ1) is 9.00. The number of aromatic hydroxyl groups is 1. The Labute approximate surface area is 113 Å². The zero-order valence-electron chi connectivity index (χ0n) is 11.3. The van der Waals surface area contributed by atoms with Gasteiger partial charge in [0.05, 0.1) is 0 Å². The molecule has 4 rings (SSSR count). The van der Waals surface area contributed by atoms with E-state index in [9.17, 15) is 9.90 Å². The molecule has 3 aliphatic rings. The van der Waals surface area contributed by atoms with Crippen molar-refractivity contribution in [3.8, 4) is 5.75 Å². The van der Waals surface area contributed by atoms with Gasteiger partial charge in [-0.25, -0.2) is 0 Å². The molecule has 0 radical (unpaired) electrons. The Balaban J connectivity index is 1.89. The zero-order valence-corrected chi connectivity index (χ0v) is 11.3. The van der Waals surface area contributed by atoms with Gasteiger partial charge in [-0.3, -0.25) is 4.79 Å². The number of rotatable bonds is 2. The lowest BCUT2D eigenvalue weighted by Crippen LogP contribution is -2.52. The number of phenolic OH excluding ortho intramolecular Hbond substituents is 1. The number of carbonyl (C=O) groups is 1. The Kier molecular flexibility index (Phi) is 2.63. The first kappa shape index (κ1) is 12.2. The summed E-state index contributed by atoms with van der Waals surface area (Å²) in [5, 5.41) is 9.73. The monoisotopic (exact) mass is 254 g/mol. The highest BCUT2D eigenvalue weighted by molar-refractivity contribution is 5.96. The molecule has 0 spiro atoms. The molecular weight excluding hydrogens is 236 g/mol. The maximum atomic E-state index is 12.0. The number of hydrogen-bond donors (Lipinski definition) is 1. The lowest BCUT2D eigenvalue weighted by Gasteiger charge is -2.54. The largest absolute Gasteiger partial charge is 0.507 e. The van der Waals surface area contributed by atoms with E-state index >= 15 is 0 Å². The van der Waals surface area contributed by atoms with E-state index < -0.39 is 0 Å². The highest BCUT2D eigenvalue weighted by Gasteiger charge is 2.54. The third-order valence-corrected chi connectivity index (χ3v) is 4.71. The number of ketones is 1. The molecule has 0 aliphatic heterocycles. The molecule has 1 aromatic carbocycles. The summed E-state index contributed by atoms with van der Waals surface area (Å²) in [6.45, 7) is 4.34. The summed E-state index contributed by atoms with van der Waals surface area (Å²) in [4.78, 5) is 12.0. The van der Waals surface area contributed by atoms with Gasteiger partial charge in [0.15, 0.2) is 5.78 Å². The van der Waals surface area contributed by atoms with E-state index in [2.05, 4.69) is 13.8 Å². The standard InChI is InChI=1S/C17H18O2/c1-17(2)13-10-14(17)16(19)9-12(13)8-7-11-5-3-4-6-15(11)18/h3-9,13-14,18H,10H2,1-2H3/t13-,14+/m0/s1. The summed E-state index contributed by atoms with van der Waals surface area (Å²) in [6.07, 6.45) is 6.63. The molecule has 0 heterocycles. The van der Waals surface area contributed by atoms with Crippen LogP contribution in [0.2, 0.25) is 0 Å². The van der Waals surface area contributed by atoms with Crippen molar-refractivity contribution in [2.75, 3.05) is 0 Å². The molecule has 0 unspecified atom stereocenters. The summed E-state index contributed by atoms with van der Waals surface area (Å²) in [5.74, 6) is 1.20. The average molecular weight is 254 g/mol. The summed E-state index contributed by atoms with van der Waals surface area (Å²) >= 11 is 0. The predicted octanol–water partition coefficient (Wildman–Crippen LogP) is 3.58. The Morgan fingerprint density at radius 1 is 1.21 bits per heavy atom. The van der Waals surface area contributed by atoms with E-state index in [0.717, 1.165) is 17.6 Å². The minimum atomic E-state index is 0.0875. The lowest BCUT2D eigenvalue weighted by molar-refractivity contribution is -0.133. The van der Waals surface area contributed by atoms with E-state index in [1.165, 1.54) is 0 Å². The van der Waals surface area contributed by atoms with Gasteiger partial charge in [-0.2, -0.15) is 0 Å². The van der Waals surface area contributed by atoms with Crippen LogP contribution in [0.5, 0.6) is 5.75 Å². The Hall–Kier alpha value is -1.83. The van der Waals surface area contributed by atoms with Gasteiger partial charge in [0.2, 0.25) is 0 Å². The van der Waals surface area contributed by atoms with Gasteiger partial charge in [-0.05, 0) is 35.5 Å². The summed E-state index contributed by atoms with van der Waals surface area (Å²) < 4.78 is 0. The number of carbonyl (C=O) groups excluding carboxylic acids is 1. The molecule has 19 heavy (non-hydrogen) atoms. The number of fused-ring (bicyclic) bond motifs is 1. The molecule has 1 N–H and O–H groups in total. The fourth-order valence-corrected chi connectivity index (χ4v) is 3.32. The average Bonchev–Trinajstić information content (AvgIpc) is 2.36. The molecule has 1 saturated carbocycles. The number of hydrogen-bond acceptors (Lipinski definition) is 2. The van der Waals surface area contributed by atoms with Gasteiger partial charge in [-0.15, -0.1) is 0 Å². The molecule has 1 aromatic rings. The first-order valence-electron chi connectivity index (χ1n) is 6.71. The van der Waals surface area contributed by atoms with Crippen molar-refractivity contribution in [2.24, 2.45) is 17.3 Å². The van der Waals surface area contributed by atoms with Crippen LogP contribution in [-0.4, -0.2) is 10.9 Å². The van der Waals surface area contributed by atoms with Crippen molar-refractivity contribution in [3.05, 3.63) is 47.6 Å². The molecule has 2 bridgehead atoms. The van der Waals surface area contributed by atoms with Gasteiger partial charge in [0, 0.05) is 11.5 Å². The van der Waals surface area contributed by atoms with Crippen LogP contribution in [0.1, 0.15) is 25.8 Å². The van der Waals surface area contributed by atoms with Gasteiger partial charge in [0.1, 0.15) is 5.75 Å². The van der Waals surface area contributed by atoms with E-state index in [-0.39, 0.29) is 22.9 Å². The van der Waals surface area contributed by atoms with E-state index in [4.69, 9.17) is 0 Å². The van der Waals surface area contributed by atoms with Crippen molar-refractivity contribution in [1.29, 1.82) is 0 Å². The highest BCUT2D eigenvalue weighted by Crippen LogP contribution is 2.58. The van der Waals surface area contributed by atoms with Gasteiger partial charge in [0.25, 0.3) is 0 Å². The fourth-order valence-electron chi connectivity index (χ4n) is 3.32. The number of phenols is 1. The van der Waals surface area contributed by atoms with E-state index in [1.54, 1.807) is 18.2 Å². The third-order valence-electron chi connectivity index (χ3n) is 4.71. The molecule has 0 amide bonds. The number of benzene rings is 1.